The van der Waals surface area contributed by atoms with Gasteiger partial charge >= 0.3 is 19.5 Å². The van der Waals surface area contributed by atoms with Crippen molar-refractivity contribution in [3.63, 3.8) is 0 Å². The molecule has 2 unspecified atom stereocenters. The van der Waals surface area contributed by atoms with Gasteiger partial charge in [-0.2, -0.15) is 8.78 Å². The van der Waals surface area contributed by atoms with Crippen LogP contribution in [0.25, 0.3) is 0 Å². The Kier molecular flexibility index (Phi) is 9.79. The maximum atomic E-state index is 14.7. The standard InChI is InChI=1S/C26H33F2N2O5P/c27-26(28,22-13-7-4-8-14-22)24(31)16-15-23-20-29(19-21-11-5-3-6-12-21)25(32)30(23)17-9-1-2-10-18-36(33,34)35/h3-8,11-16,23-24,31H,1-2,9-10,17-20H2,(H2,33,34,35). The summed E-state index contributed by atoms with van der Waals surface area (Å²) < 4.78 is 40.4. The number of halogens is 2. The summed E-state index contributed by atoms with van der Waals surface area (Å²) in [5.41, 5.74) is 0.658. The van der Waals surface area contributed by atoms with Gasteiger partial charge in [-0.3, -0.25) is 4.57 Å². The van der Waals surface area contributed by atoms with Crippen molar-refractivity contribution in [1.82, 2.24) is 9.80 Å². The van der Waals surface area contributed by atoms with E-state index in [2.05, 4.69) is 0 Å². The first kappa shape index (κ1) is 28.0. The van der Waals surface area contributed by atoms with Gasteiger partial charge in [0.15, 0.2) is 0 Å². The van der Waals surface area contributed by atoms with Crippen molar-refractivity contribution in [3.8, 4) is 0 Å². The third-order valence-corrected chi connectivity index (χ3v) is 7.08. The summed E-state index contributed by atoms with van der Waals surface area (Å²) in [6, 6.07) is 15.9. The molecular weight excluding hydrogens is 489 g/mol. The zero-order valence-electron chi connectivity index (χ0n) is 20.0. The first-order chi connectivity index (χ1) is 17.1. The van der Waals surface area contributed by atoms with E-state index in [0.29, 0.717) is 45.3 Å². The number of urea groups is 1. The number of unbranched alkanes of at least 4 members (excludes halogenated alkanes) is 3. The minimum absolute atomic E-state index is 0.167. The molecule has 2 aromatic carbocycles. The summed E-state index contributed by atoms with van der Waals surface area (Å²) in [5.74, 6) is -3.48. The van der Waals surface area contributed by atoms with Gasteiger partial charge in [-0.15, -0.1) is 0 Å². The summed E-state index contributed by atoms with van der Waals surface area (Å²) in [6.07, 6.45) is 2.60. The molecule has 3 rings (SSSR count). The molecule has 1 aliphatic rings. The molecular formula is C26H33F2N2O5P. The first-order valence-corrected chi connectivity index (χ1v) is 13.8. The summed E-state index contributed by atoms with van der Waals surface area (Å²) in [7, 11) is -4.02. The van der Waals surface area contributed by atoms with Gasteiger partial charge in [0.25, 0.3) is 0 Å². The molecule has 196 valence electrons. The van der Waals surface area contributed by atoms with Gasteiger partial charge < -0.3 is 24.7 Å². The van der Waals surface area contributed by atoms with Crippen molar-refractivity contribution >= 4 is 13.6 Å². The molecule has 3 N–H and O–H groups in total. The molecule has 0 spiro atoms. The molecule has 2 aromatic rings. The molecule has 1 heterocycles. The largest absolute Gasteiger partial charge is 0.382 e. The number of aliphatic hydroxyl groups is 1. The Hall–Kier alpha value is -2.58. The number of hydrogen-bond donors (Lipinski definition) is 3. The van der Waals surface area contributed by atoms with Gasteiger partial charge in [0.1, 0.15) is 6.10 Å². The predicted octanol–water partition coefficient (Wildman–Crippen LogP) is 4.74. The molecule has 2 atom stereocenters. The van der Waals surface area contributed by atoms with Crippen molar-refractivity contribution in [2.75, 3.05) is 19.3 Å². The molecule has 0 aromatic heterocycles. The Bertz CT molecular complexity index is 1050. The Morgan fingerprint density at radius 1 is 1.00 bits per heavy atom. The van der Waals surface area contributed by atoms with Crippen LogP contribution in [0.15, 0.2) is 72.8 Å². The van der Waals surface area contributed by atoms with E-state index in [4.69, 9.17) is 9.79 Å². The van der Waals surface area contributed by atoms with E-state index in [1.165, 1.54) is 30.3 Å². The van der Waals surface area contributed by atoms with Crippen LogP contribution in [0, 0.1) is 0 Å². The lowest BCUT2D eigenvalue weighted by Crippen LogP contribution is -2.35. The average Bonchev–Trinajstić information content (AvgIpc) is 3.14. The topological polar surface area (TPSA) is 101 Å². The molecule has 0 saturated carbocycles. The minimum Gasteiger partial charge on any atom is -0.382 e. The van der Waals surface area contributed by atoms with E-state index >= 15 is 0 Å². The van der Waals surface area contributed by atoms with E-state index in [0.717, 1.165) is 11.6 Å². The van der Waals surface area contributed by atoms with E-state index in [1.807, 2.05) is 30.3 Å². The highest BCUT2D eigenvalue weighted by Gasteiger charge is 2.40. The van der Waals surface area contributed by atoms with E-state index < -0.39 is 25.7 Å². The fourth-order valence-electron chi connectivity index (χ4n) is 4.23. The molecule has 2 amide bonds. The average molecular weight is 523 g/mol. The van der Waals surface area contributed by atoms with Crippen LogP contribution in [0.5, 0.6) is 0 Å². The Labute approximate surface area is 210 Å². The van der Waals surface area contributed by atoms with Gasteiger partial charge in [-0.25, -0.2) is 4.79 Å². The normalized spacial score (nSPS) is 17.8. The SMILES string of the molecule is O=C1N(Cc2ccccc2)CC(C=CC(O)C(F)(F)c2ccccc2)N1CCCCCCP(=O)(O)O. The first-order valence-electron chi connectivity index (χ1n) is 12.0. The van der Waals surface area contributed by atoms with Crippen LogP contribution >= 0.6 is 7.60 Å². The molecule has 10 heteroatoms. The van der Waals surface area contributed by atoms with Crippen molar-refractivity contribution in [2.45, 2.75) is 50.3 Å². The van der Waals surface area contributed by atoms with E-state index in [1.54, 1.807) is 15.9 Å². The molecule has 0 bridgehead atoms. The second-order valence-electron chi connectivity index (χ2n) is 9.03. The minimum atomic E-state index is -4.02. The number of amides is 2. The number of nitrogens with zero attached hydrogens (tertiary/aromatic N) is 2. The molecule has 1 fully saturated rings. The lowest BCUT2D eigenvalue weighted by atomic mass is 10.0. The van der Waals surface area contributed by atoms with Crippen LogP contribution in [0.3, 0.4) is 0 Å². The molecule has 0 radical (unpaired) electrons. The lowest BCUT2D eigenvalue weighted by molar-refractivity contribution is -0.0929. The molecule has 0 aliphatic carbocycles. The number of rotatable bonds is 13. The zero-order valence-corrected chi connectivity index (χ0v) is 20.9. The van der Waals surface area contributed by atoms with Crippen LogP contribution < -0.4 is 0 Å². The second-order valence-corrected chi connectivity index (χ2v) is 10.8. The van der Waals surface area contributed by atoms with Crippen LogP contribution in [0.1, 0.15) is 36.8 Å². The van der Waals surface area contributed by atoms with Crippen molar-refractivity contribution in [2.24, 2.45) is 0 Å². The third kappa shape index (κ3) is 7.96. The van der Waals surface area contributed by atoms with Crippen molar-refractivity contribution in [1.29, 1.82) is 0 Å². The second kappa shape index (κ2) is 12.6. The van der Waals surface area contributed by atoms with E-state index in [9.17, 15) is 23.2 Å². The fraction of sp³-hybridized carbons (Fsp3) is 0.423. The fourth-order valence-corrected chi connectivity index (χ4v) is 4.86. The van der Waals surface area contributed by atoms with Crippen LogP contribution in [0.2, 0.25) is 0 Å². The number of aliphatic hydroxyl groups excluding tert-OH is 1. The van der Waals surface area contributed by atoms with Gasteiger partial charge in [-0.05, 0) is 18.4 Å². The highest BCUT2D eigenvalue weighted by molar-refractivity contribution is 7.51. The highest BCUT2D eigenvalue weighted by Crippen LogP contribution is 2.35. The van der Waals surface area contributed by atoms with Crippen molar-refractivity contribution < 1.29 is 33.0 Å². The summed E-state index contributed by atoms with van der Waals surface area (Å²) >= 11 is 0. The third-order valence-electron chi connectivity index (χ3n) is 6.18. The van der Waals surface area contributed by atoms with Gasteiger partial charge in [0.05, 0.1) is 6.04 Å². The number of benzene rings is 2. The smallest absolute Gasteiger partial charge is 0.325 e. The van der Waals surface area contributed by atoms with E-state index in [-0.39, 0.29) is 17.8 Å². The highest BCUT2D eigenvalue weighted by atomic mass is 31.2. The predicted molar refractivity (Wildman–Crippen MR) is 134 cm³/mol. The quantitative estimate of drug-likeness (QED) is 0.200. The van der Waals surface area contributed by atoms with Crippen LogP contribution in [-0.4, -0.2) is 62.1 Å². The van der Waals surface area contributed by atoms with Gasteiger partial charge in [0.2, 0.25) is 0 Å². The van der Waals surface area contributed by atoms with Crippen LogP contribution in [0.4, 0.5) is 13.6 Å². The molecule has 7 nitrogen and oxygen atoms in total. The lowest BCUT2D eigenvalue weighted by Gasteiger charge is -2.23. The number of alkyl halides is 2. The number of hydrogen-bond acceptors (Lipinski definition) is 3. The summed E-state index contributed by atoms with van der Waals surface area (Å²) in [6.45, 7) is 1.05. The summed E-state index contributed by atoms with van der Waals surface area (Å²) in [4.78, 5) is 34.3. The molecule has 1 aliphatic heterocycles. The van der Waals surface area contributed by atoms with Crippen LogP contribution in [-0.2, 0) is 17.0 Å². The molecule has 36 heavy (non-hydrogen) atoms. The zero-order chi connectivity index (χ0) is 26.2. The molecule has 1 saturated heterocycles. The summed E-state index contributed by atoms with van der Waals surface area (Å²) in [5, 5.41) is 10.3. The number of carbonyl (C=O) groups is 1. The monoisotopic (exact) mass is 522 g/mol. The van der Waals surface area contributed by atoms with Gasteiger partial charge in [-0.1, -0.05) is 85.7 Å². The Morgan fingerprint density at radius 2 is 1.61 bits per heavy atom. The number of carbonyl (C=O) groups excluding carboxylic acids is 1. The maximum absolute atomic E-state index is 14.7. The maximum Gasteiger partial charge on any atom is 0.325 e. The van der Waals surface area contributed by atoms with Crippen molar-refractivity contribution in [3.05, 3.63) is 83.9 Å². The Morgan fingerprint density at radius 3 is 2.25 bits per heavy atom. The van der Waals surface area contributed by atoms with Gasteiger partial charge in [0, 0.05) is 31.4 Å². The Balaban J connectivity index is 1.66.